The number of hydrogen-bond acceptors (Lipinski definition) is 7. The van der Waals surface area contributed by atoms with Crippen molar-refractivity contribution in [1.82, 2.24) is 19.2 Å². The summed E-state index contributed by atoms with van der Waals surface area (Å²) in [5.41, 5.74) is 0.274. The average molecular weight is 384 g/mol. The highest BCUT2D eigenvalue weighted by Gasteiger charge is 2.46. The van der Waals surface area contributed by atoms with Gasteiger partial charge in [-0.15, -0.1) is 0 Å². The molecule has 2 atom stereocenters. The summed E-state index contributed by atoms with van der Waals surface area (Å²) < 4.78 is 25.2. The molecule has 0 spiro atoms. The first-order valence-corrected chi connectivity index (χ1v) is 11.1. The molecule has 0 amide bonds. The number of nitrogens with zero attached hydrogens (tertiary/aromatic N) is 4. The molecular weight excluding hydrogens is 354 g/mol. The maximum Gasteiger partial charge on any atom is 0.222 e. The Kier molecular flexibility index (Phi) is 5.81. The van der Waals surface area contributed by atoms with Crippen LogP contribution in [-0.4, -0.2) is 77.3 Å². The fourth-order valence-electron chi connectivity index (χ4n) is 3.81. The van der Waals surface area contributed by atoms with Crippen molar-refractivity contribution in [1.29, 1.82) is 0 Å². The van der Waals surface area contributed by atoms with Crippen LogP contribution in [-0.2, 0) is 16.6 Å². The number of fused-ring (bicyclic) bond motifs is 1. The highest BCUT2D eigenvalue weighted by molar-refractivity contribution is 7.88. The summed E-state index contributed by atoms with van der Waals surface area (Å²) in [7, 11) is -3.22. The highest BCUT2D eigenvalue weighted by Crippen LogP contribution is 2.36. The minimum atomic E-state index is -3.22. The Morgan fingerprint density at radius 1 is 1.27 bits per heavy atom. The standard InChI is InChI=1S/C17H29N5O3S/c1-3-6-18-16-19-9-14(10-20-16)11-21-7-4-17(23)5-8-22(26(2,24)25)13-15(17)12-21/h9-10,15,23H,3-8,11-13H2,1-2H3,(H,18,19,20)/t15-,17-/m1/s1. The van der Waals surface area contributed by atoms with Gasteiger partial charge in [0, 0.05) is 63.1 Å². The fraction of sp³-hybridized carbons (Fsp3) is 0.765. The molecule has 0 unspecified atom stereocenters. The second kappa shape index (κ2) is 7.75. The number of nitrogens with one attached hydrogen (secondary N) is 1. The number of aliphatic hydroxyl groups is 1. The van der Waals surface area contributed by atoms with E-state index in [0.717, 1.165) is 25.1 Å². The van der Waals surface area contributed by atoms with Crippen molar-refractivity contribution in [2.45, 2.75) is 38.3 Å². The zero-order chi connectivity index (χ0) is 18.8. The Labute approximate surface area is 155 Å². The quantitative estimate of drug-likeness (QED) is 0.739. The topological polar surface area (TPSA) is 98.7 Å². The number of aromatic nitrogens is 2. The molecule has 2 aliphatic rings. The number of hydrogen-bond donors (Lipinski definition) is 2. The molecule has 26 heavy (non-hydrogen) atoms. The molecule has 0 radical (unpaired) electrons. The van der Waals surface area contributed by atoms with E-state index in [1.807, 2.05) is 12.4 Å². The Bertz CT molecular complexity index is 712. The van der Waals surface area contributed by atoms with Crippen molar-refractivity contribution in [3.05, 3.63) is 18.0 Å². The molecule has 0 aliphatic carbocycles. The molecule has 0 bridgehead atoms. The van der Waals surface area contributed by atoms with Crippen LogP contribution in [0.1, 0.15) is 31.7 Å². The van der Waals surface area contributed by atoms with Gasteiger partial charge in [0.1, 0.15) is 0 Å². The van der Waals surface area contributed by atoms with Gasteiger partial charge in [0.15, 0.2) is 0 Å². The number of sulfonamides is 1. The molecule has 8 nitrogen and oxygen atoms in total. The van der Waals surface area contributed by atoms with Gasteiger partial charge in [-0.2, -0.15) is 0 Å². The molecule has 0 saturated carbocycles. The minimum Gasteiger partial charge on any atom is -0.389 e. The van der Waals surface area contributed by atoms with Crippen molar-refractivity contribution >= 4 is 16.0 Å². The number of rotatable bonds is 6. The van der Waals surface area contributed by atoms with Crippen LogP contribution < -0.4 is 5.32 Å². The largest absolute Gasteiger partial charge is 0.389 e. The Hall–Kier alpha value is -1.29. The van der Waals surface area contributed by atoms with E-state index in [-0.39, 0.29) is 5.92 Å². The molecule has 146 valence electrons. The van der Waals surface area contributed by atoms with Gasteiger partial charge in [0.2, 0.25) is 16.0 Å². The van der Waals surface area contributed by atoms with Crippen molar-refractivity contribution in [2.75, 3.05) is 44.3 Å². The molecule has 9 heteroatoms. The number of anilines is 1. The van der Waals surface area contributed by atoms with E-state index < -0.39 is 15.6 Å². The van der Waals surface area contributed by atoms with Gasteiger partial charge in [-0.25, -0.2) is 22.7 Å². The molecule has 3 rings (SSSR count). The predicted molar refractivity (Wildman–Crippen MR) is 100 cm³/mol. The van der Waals surface area contributed by atoms with Crippen LogP contribution in [0, 0.1) is 5.92 Å². The first kappa shape index (κ1) is 19.5. The van der Waals surface area contributed by atoms with E-state index in [0.29, 0.717) is 45.0 Å². The number of piperidine rings is 2. The van der Waals surface area contributed by atoms with E-state index in [2.05, 4.69) is 27.1 Å². The van der Waals surface area contributed by atoms with Crippen LogP contribution >= 0.6 is 0 Å². The summed E-state index contributed by atoms with van der Waals surface area (Å²) in [5.74, 6) is 0.575. The fourth-order valence-corrected chi connectivity index (χ4v) is 4.68. The van der Waals surface area contributed by atoms with Gasteiger partial charge < -0.3 is 10.4 Å². The van der Waals surface area contributed by atoms with E-state index in [9.17, 15) is 13.5 Å². The molecule has 0 aromatic carbocycles. The second-order valence-corrected chi connectivity index (χ2v) is 9.48. The smallest absolute Gasteiger partial charge is 0.222 e. The lowest BCUT2D eigenvalue weighted by molar-refractivity contribution is -0.103. The summed E-state index contributed by atoms with van der Waals surface area (Å²) in [4.78, 5) is 10.9. The summed E-state index contributed by atoms with van der Waals surface area (Å²) >= 11 is 0. The van der Waals surface area contributed by atoms with Gasteiger partial charge in [-0.3, -0.25) is 4.90 Å². The third-order valence-corrected chi connectivity index (χ3v) is 6.70. The van der Waals surface area contributed by atoms with Gasteiger partial charge in [-0.1, -0.05) is 6.92 Å². The van der Waals surface area contributed by atoms with E-state index in [1.165, 1.54) is 10.6 Å². The van der Waals surface area contributed by atoms with Crippen LogP contribution in [0.4, 0.5) is 5.95 Å². The molecular formula is C17H29N5O3S. The average Bonchev–Trinajstić information content (AvgIpc) is 2.60. The molecule has 2 aliphatic heterocycles. The Balaban J connectivity index is 1.61. The second-order valence-electron chi connectivity index (χ2n) is 7.50. The Morgan fingerprint density at radius 2 is 1.96 bits per heavy atom. The molecule has 1 aromatic rings. The predicted octanol–water partition coefficient (Wildman–Crippen LogP) is 0.517. The lowest BCUT2D eigenvalue weighted by atomic mass is 9.76. The van der Waals surface area contributed by atoms with E-state index in [4.69, 9.17) is 0 Å². The monoisotopic (exact) mass is 383 g/mol. The van der Waals surface area contributed by atoms with Crippen LogP contribution in [0.2, 0.25) is 0 Å². The van der Waals surface area contributed by atoms with Gasteiger partial charge in [0.25, 0.3) is 0 Å². The molecule has 1 aromatic heterocycles. The first-order valence-electron chi connectivity index (χ1n) is 9.25. The Morgan fingerprint density at radius 3 is 2.62 bits per heavy atom. The van der Waals surface area contributed by atoms with Crippen molar-refractivity contribution in [3.8, 4) is 0 Å². The molecule has 2 saturated heterocycles. The van der Waals surface area contributed by atoms with Gasteiger partial charge in [-0.05, 0) is 19.3 Å². The lowest BCUT2D eigenvalue weighted by Gasteiger charge is -2.49. The SMILES string of the molecule is CCCNc1ncc(CN2CC[C@@]3(O)CCN(S(C)(=O)=O)C[C@H]3C2)cn1. The van der Waals surface area contributed by atoms with Crippen LogP contribution in [0.25, 0.3) is 0 Å². The molecule has 2 fully saturated rings. The zero-order valence-corrected chi connectivity index (χ0v) is 16.4. The maximum atomic E-state index is 11.9. The summed E-state index contributed by atoms with van der Waals surface area (Å²) in [5, 5.41) is 14.1. The van der Waals surface area contributed by atoms with Crippen molar-refractivity contribution in [2.24, 2.45) is 5.92 Å². The highest BCUT2D eigenvalue weighted by atomic mass is 32.2. The van der Waals surface area contributed by atoms with E-state index in [1.54, 1.807) is 0 Å². The third kappa shape index (κ3) is 4.51. The molecule has 2 N–H and O–H groups in total. The van der Waals surface area contributed by atoms with Crippen LogP contribution in [0.3, 0.4) is 0 Å². The van der Waals surface area contributed by atoms with Gasteiger partial charge >= 0.3 is 0 Å². The summed E-state index contributed by atoms with van der Waals surface area (Å²) in [6.07, 6.45) is 7.10. The minimum absolute atomic E-state index is 0.0638. The molecule has 3 heterocycles. The maximum absolute atomic E-state index is 11.9. The lowest BCUT2D eigenvalue weighted by Crippen LogP contribution is -2.60. The van der Waals surface area contributed by atoms with Crippen LogP contribution in [0.5, 0.6) is 0 Å². The summed E-state index contributed by atoms with van der Waals surface area (Å²) in [6, 6.07) is 0. The van der Waals surface area contributed by atoms with Gasteiger partial charge in [0.05, 0.1) is 11.9 Å². The van der Waals surface area contributed by atoms with Crippen molar-refractivity contribution in [3.63, 3.8) is 0 Å². The van der Waals surface area contributed by atoms with Crippen LogP contribution in [0.15, 0.2) is 12.4 Å². The first-order chi connectivity index (χ1) is 12.3. The van der Waals surface area contributed by atoms with Crippen molar-refractivity contribution < 1.29 is 13.5 Å². The third-order valence-electron chi connectivity index (χ3n) is 5.43. The number of likely N-dealkylation sites (tertiary alicyclic amines) is 1. The van der Waals surface area contributed by atoms with E-state index >= 15 is 0 Å². The zero-order valence-electron chi connectivity index (χ0n) is 15.6. The summed E-state index contributed by atoms with van der Waals surface area (Å²) in [6.45, 7) is 5.92. The normalized spacial score (nSPS) is 27.9.